The molecular weight excluding hydrogens is 372 g/mol. The summed E-state index contributed by atoms with van der Waals surface area (Å²) in [5, 5.41) is 12.6. The molecule has 6 nitrogen and oxygen atoms in total. The SMILES string of the molecule is O=C(CSc1nnc(-c2ccco2)n1-c1ccccc1)NC(C1CC1)C1CC1. The lowest BCUT2D eigenvalue weighted by atomic mass is 10.1. The van der Waals surface area contributed by atoms with Crippen LogP contribution in [0, 0.1) is 11.8 Å². The first-order valence-corrected chi connectivity index (χ1v) is 10.7. The van der Waals surface area contributed by atoms with Gasteiger partial charge in [0.25, 0.3) is 0 Å². The molecule has 3 aromatic rings. The average Bonchev–Trinajstić information content (AvgIpc) is 3.64. The highest BCUT2D eigenvalue weighted by Crippen LogP contribution is 2.44. The second kappa shape index (κ2) is 7.47. The number of hydrogen-bond acceptors (Lipinski definition) is 5. The van der Waals surface area contributed by atoms with Gasteiger partial charge in [0.15, 0.2) is 10.9 Å². The zero-order valence-corrected chi connectivity index (χ0v) is 16.3. The van der Waals surface area contributed by atoms with E-state index >= 15 is 0 Å². The predicted octanol–water partition coefficient (Wildman–Crippen LogP) is 3.92. The zero-order chi connectivity index (χ0) is 18.9. The van der Waals surface area contributed by atoms with Crippen LogP contribution in [0.15, 0.2) is 58.3 Å². The molecule has 2 saturated carbocycles. The third-order valence-electron chi connectivity index (χ3n) is 5.31. The Morgan fingerprint density at radius 3 is 2.50 bits per heavy atom. The van der Waals surface area contributed by atoms with Crippen LogP contribution in [0.3, 0.4) is 0 Å². The molecule has 0 bridgehead atoms. The number of amides is 1. The molecule has 7 heteroatoms. The van der Waals surface area contributed by atoms with E-state index < -0.39 is 0 Å². The van der Waals surface area contributed by atoms with Crippen molar-refractivity contribution in [1.29, 1.82) is 0 Å². The van der Waals surface area contributed by atoms with Gasteiger partial charge in [0.1, 0.15) is 0 Å². The maximum atomic E-state index is 12.6. The Hall–Kier alpha value is -2.54. The lowest BCUT2D eigenvalue weighted by molar-refractivity contribution is -0.119. The van der Waals surface area contributed by atoms with Crippen molar-refractivity contribution in [3.63, 3.8) is 0 Å². The topological polar surface area (TPSA) is 73.0 Å². The molecular formula is C21H22N4O2S. The van der Waals surface area contributed by atoms with Gasteiger partial charge in [-0.15, -0.1) is 10.2 Å². The first-order chi connectivity index (χ1) is 13.8. The molecule has 0 unspecified atom stereocenters. The smallest absolute Gasteiger partial charge is 0.230 e. The molecule has 0 aliphatic heterocycles. The fourth-order valence-electron chi connectivity index (χ4n) is 3.63. The van der Waals surface area contributed by atoms with Gasteiger partial charge in [-0.3, -0.25) is 9.36 Å². The van der Waals surface area contributed by atoms with Crippen molar-refractivity contribution in [1.82, 2.24) is 20.1 Å². The third-order valence-corrected chi connectivity index (χ3v) is 6.24. The number of thioether (sulfide) groups is 1. The molecule has 0 radical (unpaired) electrons. The summed E-state index contributed by atoms with van der Waals surface area (Å²) < 4.78 is 7.47. The summed E-state index contributed by atoms with van der Waals surface area (Å²) in [5.41, 5.74) is 0.940. The monoisotopic (exact) mass is 394 g/mol. The maximum absolute atomic E-state index is 12.6. The first kappa shape index (κ1) is 17.6. The molecule has 1 aromatic carbocycles. The summed E-state index contributed by atoms with van der Waals surface area (Å²) in [5.74, 6) is 3.08. The summed E-state index contributed by atoms with van der Waals surface area (Å²) >= 11 is 1.41. The molecule has 0 spiro atoms. The highest BCUT2D eigenvalue weighted by atomic mass is 32.2. The van der Waals surface area contributed by atoms with Crippen LogP contribution < -0.4 is 5.32 Å². The molecule has 28 heavy (non-hydrogen) atoms. The number of aromatic nitrogens is 3. The Morgan fingerprint density at radius 2 is 1.86 bits per heavy atom. The van der Waals surface area contributed by atoms with Crippen LogP contribution in [0.5, 0.6) is 0 Å². The molecule has 1 N–H and O–H groups in total. The van der Waals surface area contributed by atoms with E-state index in [1.165, 1.54) is 37.4 Å². The normalized spacial score (nSPS) is 16.5. The maximum Gasteiger partial charge on any atom is 0.230 e. The van der Waals surface area contributed by atoms with E-state index in [2.05, 4.69) is 15.5 Å². The number of carbonyl (C=O) groups excluding carboxylic acids is 1. The number of hydrogen-bond donors (Lipinski definition) is 1. The summed E-state index contributed by atoms with van der Waals surface area (Å²) in [7, 11) is 0. The Labute approximate surface area is 167 Å². The van der Waals surface area contributed by atoms with Crippen molar-refractivity contribution < 1.29 is 9.21 Å². The van der Waals surface area contributed by atoms with Gasteiger partial charge in [-0.1, -0.05) is 30.0 Å². The minimum atomic E-state index is 0.0796. The summed E-state index contributed by atoms with van der Waals surface area (Å²) in [6, 6.07) is 14.0. The van der Waals surface area contributed by atoms with E-state index in [-0.39, 0.29) is 5.91 Å². The number of nitrogens with zero attached hydrogens (tertiary/aromatic N) is 3. The van der Waals surface area contributed by atoms with E-state index in [1.54, 1.807) is 6.26 Å². The molecule has 0 saturated heterocycles. The molecule has 5 rings (SSSR count). The van der Waals surface area contributed by atoms with Gasteiger partial charge >= 0.3 is 0 Å². The largest absolute Gasteiger partial charge is 0.461 e. The molecule has 2 aromatic heterocycles. The average molecular weight is 395 g/mol. The summed E-state index contributed by atoms with van der Waals surface area (Å²) in [4.78, 5) is 12.6. The molecule has 2 aliphatic rings. The van der Waals surface area contributed by atoms with Crippen LogP contribution in [0.25, 0.3) is 17.3 Å². The standard InChI is InChI=1S/C21H22N4O2S/c26-18(22-19(14-8-9-14)15-10-11-15)13-28-21-24-23-20(17-7-4-12-27-17)25(21)16-5-2-1-3-6-16/h1-7,12,14-15,19H,8-11,13H2,(H,22,26). The number of benzene rings is 1. The molecule has 2 aliphatic carbocycles. The van der Waals surface area contributed by atoms with Crippen LogP contribution >= 0.6 is 11.8 Å². The molecule has 144 valence electrons. The van der Waals surface area contributed by atoms with E-state index in [4.69, 9.17) is 4.42 Å². The number of para-hydroxylation sites is 1. The van der Waals surface area contributed by atoms with Crippen molar-refractivity contribution >= 4 is 17.7 Å². The number of rotatable bonds is 8. The van der Waals surface area contributed by atoms with Crippen molar-refractivity contribution in [3.05, 3.63) is 48.7 Å². The molecule has 2 fully saturated rings. The van der Waals surface area contributed by atoms with Crippen molar-refractivity contribution in [2.24, 2.45) is 11.8 Å². The van der Waals surface area contributed by atoms with E-state index in [9.17, 15) is 4.79 Å². The van der Waals surface area contributed by atoms with Crippen molar-refractivity contribution in [2.75, 3.05) is 5.75 Å². The van der Waals surface area contributed by atoms with Crippen LogP contribution in [0.4, 0.5) is 0 Å². The summed E-state index contributed by atoms with van der Waals surface area (Å²) in [6.45, 7) is 0. The number of carbonyl (C=O) groups is 1. The lowest BCUT2D eigenvalue weighted by Gasteiger charge is -2.17. The highest BCUT2D eigenvalue weighted by Gasteiger charge is 2.42. The van der Waals surface area contributed by atoms with Gasteiger partial charge < -0.3 is 9.73 Å². The number of furan rings is 1. The number of nitrogens with one attached hydrogen (secondary N) is 1. The lowest BCUT2D eigenvalue weighted by Crippen LogP contribution is -2.39. The van der Waals surface area contributed by atoms with Gasteiger partial charge in [0, 0.05) is 11.7 Å². The summed E-state index contributed by atoms with van der Waals surface area (Å²) in [6.07, 6.45) is 6.63. The van der Waals surface area contributed by atoms with Crippen molar-refractivity contribution in [3.8, 4) is 17.3 Å². The first-order valence-electron chi connectivity index (χ1n) is 9.76. The van der Waals surface area contributed by atoms with Crippen LogP contribution in [0.1, 0.15) is 25.7 Å². The second-order valence-electron chi connectivity index (χ2n) is 7.51. The molecule has 0 atom stereocenters. The van der Waals surface area contributed by atoms with Gasteiger partial charge in [-0.05, 0) is 61.8 Å². The van der Waals surface area contributed by atoms with Crippen LogP contribution in [0.2, 0.25) is 0 Å². The van der Waals surface area contributed by atoms with Gasteiger partial charge in [0.2, 0.25) is 11.7 Å². The third kappa shape index (κ3) is 3.71. The van der Waals surface area contributed by atoms with Gasteiger partial charge in [-0.2, -0.15) is 0 Å². The minimum Gasteiger partial charge on any atom is -0.461 e. The molecule has 1 amide bonds. The van der Waals surface area contributed by atoms with Crippen LogP contribution in [-0.4, -0.2) is 32.5 Å². The van der Waals surface area contributed by atoms with E-state index in [1.807, 2.05) is 47.0 Å². The fraction of sp³-hybridized carbons (Fsp3) is 0.381. The quantitative estimate of drug-likeness (QED) is 0.586. The Kier molecular flexibility index (Phi) is 4.68. The second-order valence-corrected chi connectivity index (χ2v) is 8.45. The Morgan fingerprint density at radius 1 is 1.11 bits per heavy atom. The van der Waals surface area contributed by atoms with Gasteiger partial charge in [-0.25, -0.2) is 0 Å². The zero-order valence-electron chi connectivity index (χ0n) is 15.5. The van der Waals surface area contributed by atoms with Gasteiger partial charge in [0.05, 0.1) is 12.0 Å². The van der Waals surface area contributed by atoms with E-state index in [0.29, 0.717) is 40.4 Å². The predicted molar refractivity (Wildman–Crippen MR) is 107 cm³/mol. The van der Waals surface area contributed by atoms with Crippen LogP contribution in [-0.2, 0) is 4.79 Å². The highest BCUT2D eigenvalue weighted by molar-refractivity contribution is 7.99. The Balaban J connectivity index is 1.34. The minimum absolute atomic E-state index is 0.0796. The Bertz CT molecular complexity index is 934. The molecule has 2 heterocycles. The van der Waals surface area contributed by atoms with Crippen molar-refractivity contribution in [2.45, 2.75) is 36.9 Å². The fourth-order valence-corrected chi connectivity index (χ4v) is 4.39. The van der Waals surface area contributed by atoms with E-state index in [0.717, 1.165) is 5.69 Å².